The van der Waals surface area contributed by atoms with Gasteiger partial charge in [-0.1, -0.05) is 24.3 Å². The molecule has 2 aromatic carbocycles. The summed E-state index contributed by atoms with van der Waals surface area (Å²) in [6.45, 7) is 3.76. The molecule has 0 amide bonds. The van der Waals surface area contributed by atoms with E-state index in [-0.39, 0.29) is 26.4 Å². The van der Waals surface area contributed by atoms with Gasteiger partial charge in [0.15, 0.2) is 12.6 Å². The fraction of sp³-hybridized carbons (Fsp3) is 0.481. The SMILES string of the molecule is COc1ccc(C2OCCC(C)(C(=O)OC(=O)C3(C)COC(c4ccc(OC)cc4)OC3)CO2)cc1. The third-order valence-electron chi connectivity index (χ3n) is 6.53. The van der Waals surface area contributed by atoms with Crippen molar-refractivity contribution in [3.8, 4) is 11.5 Å². The first-order valence-corrected chi connectivity index (χ1v) is 11.8. The molecule has 2 saturated heterocycles. The third-order valence-corrected chi connectivity index (χ3v) is 6.53. The molecule has 9 nitrogen and oxygen atoms in total. The molecule has 0 bridgehead atoms. The molecule has 9 heteroatoms. The van der Waals surface area contributed by atoms with Crippen molar-refractivity contribution >= 4 is 11.9 Å². The van der Waals surface area contributed by atoms with Crippen LogP contribution in [0, 0.1) is 10.8 Å². The number of rotatable bonds is 6. The van der Waals surface area contributed by atoms with Crippen LogP contribution in [0.4, 0.5) is 0 Å². The van der Waals surface area contributed by atoms with E-state index in [0.29, 0.717) is 6.42 Å². The number of ether oxygens (including phenoxy) is 7. The number of hydrogen-bond donors (Lipinski definition) is 0. The molecule has 0 spiro atoms. The van der Waals surface area contributed by atoms with Gasteiger partial charge in [0.25, 0.3) is 0 Å². The van der Waals surface area contributed by atoms with Crippen molar-refractivity contribution in [3.63, 3.8) is 0 Å². The average Bonchev–Trinajstić information content (AvgIpc) is 3.12. The molecule has 194 valence electrons. The summed E-state index contributed by atoms with van der Waals surface area (Å²) in [6.07, 6.45) is -0.907. The Morgan fingerprint density at radius 2 is 1.11 bits per heavy atom. The van der Waals surface area contributed by atoms with Crippen molar-refractivity contribution in [1.29, 1.82) is 0 Å². The van der Waals surface area contributed by atoms with Crippen LogP contribution in [0.2, 0.25) is 0 Å². The Labute approximate surface area is 210 Å². The van der Waals surface area contributed by atoms with E-state index in [1.54, 1.807) is 40.2 Å². The summed E-state index contributed by atoms with van der Waals surface area (Å²) in [4.78, 5) is 26.0. The molecule has 2 fully saturated rings. The Morgan fingerprint density at radius 3 is 1.58 bits per heavy atom. The summed E-state index contributed by atoms with van der Waals surface area (Å²) >= 11 is 0. The van der Waals surface area contributed by atoms with Crippen LogP contribution in [0.5, 0.6) is 11.5 Å². The normalized spacial score (nSPS) is 28.6. The minimum atomic E-state index is -1.12. The van der Waals surface area contributed by atoms with Gasteiger partial charge in [-0.05, 0) is 44.5 Å². The summed E-state index contributed by atoms with van der Waals surface area (Å²) in [5, 5.41) is 0. The number of carbonyl (C=O) groups excluding carboxylic acids is 2. The molecule has 2 aliphatic rings. The Bertz CT molecular complexity index is 1040. The zero-order chi connectivity index (χ0) is 25.8. The van der Waals surface area contributed by atoms with E-state index in [0.717, 1.165) is 22.6 Å². The molecule has 36 heavy (non-hydrogen) atoms. The standard InChI is InChI=1S/C27H32O9/c1-26(13-14-32-22(33-15-26)18-5-9-20(30-3)10-6-18)24(28)36-25(29)27(2)16-34-23(35-17-27)19-7-11-21(31-4)12-8-19/h5-12,22-23H,13-17H2,1-4H3. The highest BCUT2D eigenvalue weighted by atomic mass is 16.7. The smallest absolute Gasteiger partial charge is 0.324 e. The number of methoxy groups -OCH3 is 2. The molecular weight excluding hydrogens is 468 g/mol. The van der Waals surface area contributed by atoms with E-state index in [2.05, 4.69) is 0 Å². The highest BCUT2D eigenvalue weighted by Crippen LogP contribution is 2.36. The van der Waals surface area contributed by atoms with Gasteiger partial charge >= 0.3 is 11.9 Å². The van der Waals surface area contributed by atoms with Crippen LogP contribution in [-0.4, -0.2) is 52.6 Å². The fourth-order valence-corrected chi connectivity index (χ4v) is 3.90. The first-order valence-electron chi connectivity index (χ1n) is 11.8. The van der Waals surface area contributed by atoms with Crippen LogP contribution in [0.25, 0.3) is 0 Å². The minimum absolute atomic E-state index is 0.0407. The van der Waals surface area contributed by atoms with Crippen LogP contribution in [0.3, 0.4) is 0 Å². The maximum Gasteiger partial charge on any atom is 0.324 e. The quantitative estimate of drug-likeness (QED) is 0.431. The maximum absolute atomic E-state index is 13.1. The molecule has 0 N–H and O–H groups in total. The summed E-state index contributed by atoms with van der Waals surface area (Å²) in [6, 6.07) is 14.6. The highest BCUT2D eigenvalue weighted by Gasteiger charge is 2.46. The van der Waals surface area contributed by atoms with Crippen molar-refractivity contribution in [3.05, 3.63) is 59.7 Å². The number of carbonyl (C=O) groups is 2. The van der Waals surface area contributed by atoms with E-state index >= 15 is 0 Å². The monoisotopic (exact) mass is 500 g/mol. The highest BCUT2D eigenvalue weighted by molar-refractivity contribution is 5.91. The number of benzene rings is 2. The van der Waals surface area contributed by atoms with E-state index in [1.165, 1.54) is 0 Å². The molecule has 2 unspecified atom stereocenters. The van der Waals surface area contributed by atoms with Gasteiger partial charge in [-0.3, -0.25) is 9.59 Å². The molecular formula is C27H32O9. The van der Waals surface area contributed by atoms with Gasteiger partial charge in [-0.2, -0.15) is 0 Å². The molecule has 0 saturated carbocycles. The summed E-state index contributed by atoms with van der Waals surface area (Å²) < 4.78 is 39.0. The predicted octanol–water partition coefficient (Wildman–Crippen LogP) is 3.97. The first-order chi connectivity index (χ1) is 17.3. The fourth-order valence-electron chi connectivity index (χ4n) is 3.90. The third kappa shape index (κ3) is 5.70. The van der Waals surface area contributed by atoms with Crippen LogP contribution in [-0.2, 0) is 33.3 Å². The lowest BCUT2D eigenvalue weighted by Gasteiger charge is -2.36. The zero-order valence-corrected chi connectivity index (χ0v) is 21.0. The maximum atomic E-state index is 13.1. The van der Waals surface area contributed by atoms with Gasteiger partial charge in [-0.15, -0.1) is 0 Å². The van der Waals surface area contributed by atoms with Gasteiger partial charge in [0.1, 0.15) is 16.9 Å². The van der Waals surface area contributed by atoms with Gasteiger partial charge in [0.05, 0.1) is 46.1 Å². The Morgan fingerprint density at radius 1 is 0.694 bits per heavy atom. The van der Waals surface area contributed by atoms with Gasteiger partial charge < -0.3 is 33.2 Å². The topological polar surface area (TPSA) is 98.8 Å². The zero-order valence-electron chi connectivity index (χ0n) is 21.0. The lowest BCUT2D eigenvalue weighted by molar-refractivity contribution is -0.236. The largest absolute Gasteiger partial charge is 0.497 e. The summed E-state index contributed by atoms with van der Waals surface area (Å²) in [5.74, 6) is 0.0840. The van der Waals surface area contributed by atoms with Crippen LogP contribution in [0.1, 0.15) is 44.0 Å². The van der Waals surface area contributed by atoms with Crippen LogP contribution >= 0.6 is 0 Å². The van der Waals surface area contributed by atoms with Crippen molar-refractivity contribution < 1.29 is 42.7 Å². The molecule has 4 rings (SSSR count). The second kappa shape index (κ2) is 11.0. The predicted molar refractivity (Wildman–Crippen MR) is 127 cm³/mol. The Balaban J connectivity index is 1.32. The second-order valence-electron chi connectivity index (χ2n) is 9.56. The first kappa shape index (κ1) is 26.1. The molecule has 0 radical (unpaired) electrons. The minimum Gasteiger partial charge on any atom is -0.497 e. The Kier molecular flexibility index (Phi) is 7.94. The van der Waals surface area contributed by atoms with E-state index in [1.807, 2.05) is 36.4 Å². The molecule has 2 aliphatic heterocycles. The Hall–Kier alpha value is -2.98. The van der Waals surface area contributed by atoms with Gasteiger partial charge in [-0.25, -0.2) is 0 Å². The number of esters is 2. The summed E-state index contributed by atoms with van der Waals surface area (Å²) in [7, 11) is 3.19. The van der Waals surface area contributed by atoms with E-state index < -0.39 is 35.3 Å². The van der Waals surface area contributed by atoms with E-state index in [9.17, 15) is 9.59 Å². The summed E-state index contributed by atoms with van der Waals surface area (Å²) in [5.41, 5.74) is -0.561. The molecule has 2 atom stereocenters. The molecule has 0 aliphatic carbocycles. The lowest BCUT2D eigenvalue weighted by atomic mass is 9.87. The van der Waals surface area contributed by atoms with Crippen molar-refractivity contribution in [1.82, 2.24) is 0 Å². The average molecular weight is 501 g/mol. The van der Waals surface area contributed by atoms with Crippen LogP contribution < -0.4 is 9.47 Å². The second-order valence-corrected chi connectivity index (χ2v) is 9.56. The van der Waals surface area contributed by atoms with Crippen molar-refractivity contribution in [2.24, 2.45) is 10.8 Å². The molecule has 0 aromatic heterocycles. The molecule has 2 heterocycles. The van der Waals surface area contributed by atoms with Crippen LogP contribution in [0.15, 0.2) is 48.5 Å². The van der Waals surface area contributed by atoms with E-state index in [4.69, 9.17) is 33.2 Å². The number of hydrogen-bond acceptors (Lipinski definition) is 9. The lowest BCUT2D eigenvalue weighted by Crippen LogP contribution is -2.46. The molecule has 2 aromatic rings. The van der Waals surface area contributed by atoms with Crippen molar-refractivity contribution in [2.75, 3.05) is 40.6 Å². The van der Waals surface area contributed by atoms with Gasteiger partial charge in [0.2, 0.25) is 0 Å². The van der Waals surface area contributed by atoms with Crippen molar-refractivity contribution in [2.45, 2.75) is 32.8 Å². The van der Waals surface area contributed by atoms with Gasteiger partial charge in [0, 0.05) is 11.1 Å².